The smallest absolute Gasteiger partial charge is 0.410 e. The van der Waals surface area contributed by atoms with Crippen LogP contribution < -0.4 is 5.32 Å². The number of hydrogen-bond acceptors (Lipinski definition) is 3. The molecule has 0 aliphatic carbocycles. The lowest BCUT2D eigenvalue weighted by Gasteiger charge is -2.28. The number of rotatable bonds is 2. The van der Waals surface area contributed by atoms with Crippen molar-refractivity contribution in [3.05, 3.63) is 28.8 Å². The number of carbonyl (C=O) groups is 2. The van der Waals surface area contributed by atoms with E-state index in [1.165, 1.54) is 4.90 Å². The Morgan fingerprint density at radius 3 is 2.65 bits per heavy atom. The van der Waals surface area contributed by atoms with Crippen LogP contribution in [0.3, 0.4) is 0 Å². The summed E-state index contributed by atoms with van der Waals surface area (Å²) in [5, 5.41) is 3.50. The second-order valence-electron chi connectivity index (χ2n) is 6.78. The predicted octanol–water partition coefficient (Wildman–Crippen LogP) is 3.99. The average molecular weight is 339 g/mol. The molecule has 1 aromatic carbocycles. The molecule has 0 radical (unpaired) electrons. The second kappa shape index (κ2) is 6.79. The van der Waals surface area contributed by atoms with E-state index in [1.54, 1.807) is 18.2 Å². The van der Waals surface area contributed by atoms with Crippen molar-refractivity contribution >= 4 is 29.3 Å². The maximum atomic E-state index is 12.5. The Morgan fingerprint density at radius 1 is 1.35 bits per heavy atom. The van der Waals surface area contributed by atoms with Gasteiger partial charge in [0.25, 0.3) is 0 Å². The first-order valence-electron chi connectivity index (χ1n) is 7.74. The first-order valence-corrected chi connectivity index (χ1v) is 8.12. The SMILES string of the molecule is Cc1cc(Cl)ccc1NC(=O)[C@@H]1CCCN1C(=O)OC(C)(C)C. The zero-order chi connectivity index (χ0) is 17.2. The number of halogens is 1. The van der Waals surface area contributed by atoms with Crippen molar-refractivity contribution in [2.45, 2.75) is 52.2 Å². The third kappa shape index (κ3) is 4.61. The lowest BCUT2D eigenvalue weighted by molar-refractivity contribution is -0.120. The van der Waals surface area contributed by atoms with E-state index in [0.29, 0.717) is 23.7 Å². The van der Waals surface area contributed by atoms with Crippen molar-refractivity contribution in [3.8, 4) is 0 Å². The fourth-order valence-electron chi connectivity index (χ4n) is 2.56. The van der Waals surface area contributed by atoms with Gasteiger partial charge in [0.2, 0.25) is 5.91 Å². The number of amides is 2. The first kappa shape index (κ1) is 17.6. The van der Waals surface area contributed by atoms with E-state index >= 15 is 0 Å². The van der Waals surface area contributed by atoms with Crippen molar-refractivity contribution in [1.82, 2.24) is 4.90 Å². The molecule has 23 heavy (non-hydrogen) atoms. The van der Waals surface area contributed by atoms with Gasteiger partial charge < -0.3 is 10.1 Å². The maximum Gasteiger partial charge on any atom is 0.410 e. The summed E-state index contributed by atoms with van der Waals surface area (Å²) < 4.78 is 5.38. The molecule has 0 bridgehead atoms. The number of nitrogens with zero attached hydrogens (tertiary/aromatic N) is 1. The summed E-state index contributed by atoms with van der Waals surface area (Å²) >= 11 is 5.92. The maximum absolute atomic E-state index is 12.5. The molecule has 1 aromatic rings. The van der Waals surface area contributed by atoms with Gasteiger partial charge in [0.1, 0.15) is 11.6 Å². The molecular weight excluding hydrogens is 316 g/mol. The van der Waals surface area contributed by atoms with Gasteiger partial charge in [0, 0.05) is 17.3 Å². The lowest BCUT2D eigenvalue weighted by Crippen LogP contribution is -2.45. The summed E-state index contributed by atoms with van der Waals surface area (Å²) in [6.07, 6.45) is 0.984. The molecule has 1 heterocycles. The molecule has 1 aliphatic heterocycles. The molecule has 5 nitrogen and oxygen atoms in total. The molecule has 0 unspecified atom stereocenters. The molecule has 0 saturated carbocycles. The monoisotopic (exact) mass is 338 g/mol. The highest BCUT2D eigenvalue weighted by molar-refractivity contribution is 6.30. The standard InChI is InChI=1S/C17H23ClN2O3/c1-11-10-12(18)7-8-13(11)19-15(21)14-6-5-9-20(14)16(22)23-17(2,3)4/h7-8,10,14H,5-6,9H2,1-4H3,(H,19,21)/t14-/m0/s1. The van der Waals surface area contributed by atoms with E-state index in [1.807, 2.05) is 27.7 Å². The fourth-order valence-corrected chi connectivity index (χ4v) is 2.79. The van der Waals surface area contributed by atoms with E-state index in [0.717, 1.165) is 12.0 Å². The van der Waals surface area contributed by atoms with Gasteiger partial charge in [0.05, 0.1) is 0 Å². The van der Waals surface area contributed by atoms with Crippen LogP contribution in [-0.4, -0.2) is 35.1 Å². The number of carbonyl (C=O) groups excluding carboxylic acids is 2. The second-order valence-corrected chi connectivity index (χ2v) is 7.22. The molecule has 1 N–H and O–H groups in total. The summed E-state index contributed by atoms with van der Waals surface area (Å²) in [5.74, 6) is -0.196. The van der Waals surface area contributed by atoms with E-state index < -0.39 is 17.7 Å². The number of nitrogens with one attached hydrogen (secondary N) is 1. The van der Waals surface area contributed by atoms with Crippen LogP contribution in [0.25, 0.3) is 0 Å². The van der Waals surface area contributed by atoms with Gasteiger partial charge in [0.15, 0.2) is 0 Å². The predicted molar refractivity (Wildman–Crippen MR) is 90.8 cm³/mol. The van der Waals surface area contributed by atoms with Gasteiger partial charge in [-0.25, -0.2) is 4.79 Å². The molecule has 1 saturated heterocycles. The summed E-state index contributed by atoms with van der Waals surface area (Å²) in [5.41, 5.74) is 1.01. The van der Waals surface area contributed by atoms with E-state index in [4.69, 9.17) is 16.3 Å². The van der Waals surface area contributed by atoms with Gasteiger partial charge in [-0.3, -0.25) is 9.69 Å². The number of likely N-dealkylation sites (tertiary alicyclic amines) is 1. The highest BCUT2D eigenvalue weighted by Crippen LogP contribution is 2.24. The highest BCUT2D eigenvalue weighted by Gasteiger charge is 2.36. The molecule has 6 heteroatoms. The Kier molecular flexibility index (Phi) is 5.19. The molecule has 2 rings (SSSR count). The minimum Gasteiger partial charge on any atom is -0.444 e. The zero-order valence-electron chi connectivity index (χ0n) is 14.0. The Labute approximate surface area is 141 Å². The quantitative estimate of drug-likeness (QED) is 0.887. The van der Waals surface area contributed by atoms with Gasteiger partial charge >= 0.3 is 6.09 Å². The van der Waals surface area contributed by atoms with Gasteiger partial charge in [-0.15, -0.1) is 0 Å². The molecule has 1 fully saturated rings. The van der Waals surface area contributed by atoms with Crippen molar-refractivity contribution in [2.75, 3.05) is 11.9 Å². The van der Waals surface area contributed by atoms with E-state index in [-0.39, 0.29) is 5.91 Å². The fraction of sp³-hybridized carbons (Fsp3) is 0.529. The van der Waals surface area contributed by atoms with Crippen molar-refractivity contribution < 1.29 is 14.3 Å². The van der Waals surface area contributed by atoms with Gasteiger partial charge in [-0.2, -0.15) is 0 Å². The number of ether oxygens (including phenoxy) is 1. The van der Waals surface area contributed by atoms with Crippen LogP contribution in [0.2, 0.25) is 5.02 Å². The number of hydrogen-bond donors (Lipinski definition) is 1. The number of aryl methyl sites for hydroxylation is 1. The minimum atomic E-state index is -0.576. The Bertz CT molecular complexity index is 610. The van der Waals surface area contributed by atoms with Crippen LogP contribution in [0.5, 0.6) is 0 Å². The lowest BCUT2D eigenvalue weighted by atomic mass is 10.1. The Hall–Kier alpha value is -1.75. The third-order valence-corrected chi connectivity index (χ3v) is 3.86. The Balaban J connectivity index is 2.07. The summed E-state index contributed by atoms with van der Waals surface area (Å²) in [4.78, 5) is 26.3. The molecule has 0 aromatic heterocycles. The molecule has 1 atom stereocenters. The summed E-state index contributed by atoms with van der Waals surface area (Å²) in [6.45, 7) is 7.85. The molecule has 126 valence electrons. The Morgan fingerprint density at radius 2 is 2.04 bits per heavy atom. The van der Waals surface area contributed by atoms with Crippen molar-refractivity contribution in [2.24, 2.45) is 0 Å². The molecule has 2 amide bonds. The van der Waals surface area contributed by atoms with E-state index in [9.17, 15) is 9.59 Å². The van der Waals surface area contributed by atoms with Crippen molar-refractivity contribution in [1.29, 1.82) is 0 Å². The molecule has 1 aliphatic rings. The average Bonchev–Trinajstić information content (AvgIpc) is 2.89. The van der Waals surface area contributed by atoms with Crippen LogP contribution in [0.4, 0.5) is 10.5 Å². The summed E-state index contributed by atoms with van der Waals surface area (Å²) in [6, 6.07) is 4.78. The molecular formula is C17H23ClN2O3. The largest absolute Gasteiger partial charge is 0.444 e. The number of anilines is 1. The number of benzene rings is 1. The molecule has 0 spiro atoms. The first-order chi connectivity index (χ1) is 10.7. The van der Waals surface area contributed by atoms with Gasteiger partial charge in [-0.1, -0.05) is 11.6 Å². The van der Waals surface area contributed by atoms with Crippen LogP contribution in [0.15, 0.2) is 18.2 Å². The van der Waals surface area contributed by atoms with Crippen LogP contribution >= 0.6 is 11.6 Å². The van der Waals surface area contributed by atoms with Gasteiger partial charge in [-0.05, 0) is 64.3 Å². The normalized spacial score (nSPS) is 18.0. The van der Waals surface area contributed by atoms with Crippen LogP contribution in [-0.2, 0) is 9.53 Å². The highest BCUT2D eigenvalue weighted by atomic mass is 35.5. The zero-order valence-corrected chi connectivity index (χ0v) is 14.7. The van der Waals surface area contributed by atoms with Crippen molar-refractivity contribution in [3.63, 3.8) is 0 Å². The van der Waals surface area contributed by atoms with Crippen LogP contribution in [0.1, 0.15) is 39.2 Å². The minimum absolute atomic E-state index is 0.196. The van der Waals surface area contributed by atoms with Crippen LogP contribution in [0, 0.1) is 6.92 Å². The summed E-state index contributed by atoms with van der Waals surface area (Å²) in [7, 11) is 0. The van der Waals surface area contributed by atoms with E-state index in [2.05, 4.69) is 5.32 Å². The third-order valence-electron chi connectivity index (χ3n) is 3.63. The topological polar surface area (TPSA) is 58.6 Å².